The summed E-state index contributed by atoms with van der Waals surface area (Å²) in [7, 11) is 0. The summed E-state index contributed by atoms with van der Waals surface area (Å²) in [6, 6.07) is 6.88. The molecule has 9 heteroatoms. The first kappa shape index (κ1) is 28.3. The first-order chi connectivity index (χ1) is 17.7. The van der Waals surface area contributed by atoms with Crippen LogP contribution in [0.2, 0.25) is 0 Å². The van der Waals surface area contributed by atoms with Crippen LogP contribution in [0.3, 0.4) is 0 Å². The van der Waals surface area contributed by atoms with E-state index >= 15 is 0 Å². The molecule has 1 heterocycles. The van der Waals surface area contributed by atoms with Gasteiger partial charge in [-0.2, -0.15) is 5.26 Å². The molecular weight excluding hydrogens is 486 g/mol. The highest BCUT2D eigenvalue weighted by Crippen LogP contribution is 2.29. The van der Waals surface area contributed by atoms with Crippen LogP contribution in [0, 0.1) is 17.2 Å². The molecule has 3 N–H and O–H groups in total. The van der Waals surface area contributed by atoms with Gasteiger partial charge < -0.3 is 16.0 Å². The topological polar surface area (TPSA) is 124 Å². The number of nitrogens with zero attached hydrogens (tertiary/aromatic N) is 2. The summed E-state index contributed by atoms with van der Waals surface area (Å²) in [4.78, 5) is 42.9. The molecule has 2 atom stereocenters. The van der Waals surface area contributed by atoms with Crippen molar-refractivity contribution in [3.05, 3.63) is 40.9 Å². The highest BCUT2D eigenvalue weighted by Gasteiger charge is 2.30. The van der Waals surface area contributed by atoms with Crippen molar-refractivity contribution in [3.8, 4) is 6.07 Å². The Morgan fingerprint density at radius 2 is 1.95 bits per heavy atom. The lowest BCUT2D eigenvalue weighted by molar-refractivity contribution is -0.129. The largest absolute Gasteiger partial charge is 0.350 e. The first-order valence-electron chi connectivity index (χ1n) is 13.1. The lowest BCUT2D eigenvalue weighted by Gasteiger charge is -2.27. The average molecular weight is 524 g/mol. The zero-order valence-corrected chi connectivity index (χ0v) is 22.7. The predicted octanol–water partition coefficient (Wildman–Crippen LogP) is 4.12. The fourth-order valence-electron chi connectivity index (χ4n) is 4.65. The van der Waals surface area contributed by atoms with Crippen molar-refractivity contribution in [3.63, 3.8) is 0 Å². The number of hydrogen-bond donors (Lipinski definition) is 3. The SMILES string of the molecule is C=C(C#N)C(=O)NCC(NC(=O)[C@H](Cc1nc2ccc(C(C)C)cc2s1)NC(=O)CCC)C1CCCC1. The van der Waals surface area contributed by atoms with Gasteiger partial charge in [0, 0.05) is 25.4 Å². The average Bonchev–Trinajstić information content (AvgIpc) is 3.54. The molecule has 1 unspecified atom stereocenters. The molecule has 198 valence electrons. The van der Waals surface area contributed by atoms with Crippen molar-refractivity contribution in [2.24, 2.45) is 5.92 Å². The van der Waals surface area contributed by atoms with Gasteiger partial charge in [0.05, 0.1) is 15.2 Å². The molecule has 3 rings (SSSR count). The minimum Gasteiger partial charge on any atom is -0.350 e. The molecule has 1 aromatic heterocycles. The zero-order valence-electron chi connectivity index (χ0n) is 21.9. The van der Waals surface area contributed by atoms with Gasteiger partial charge in [-0.3, -0.25) is 14.4 Å². The van der Waals surface area contributed by atoms with Crippen molar-refractivity contribution < 1.29 is 14.4 Å². The Labute approximate surface area is 222 Å². The van der Waals surface area contributed by atoms with Crippen LogP contribution in [-0.4, -0.2) is 41.3 Å². The number of nitrogens with one attached hydrogen (secondary N) is 3. The van der Waals surface area contributed by atoms with Gasteiger partial charge in [0.15, 0.2) is 0 Å². The summed E-state index contributed by atoms with van der Waals surface area (Å²) < 4.78 is 1.06. The van der Waals surface area contributed by atoms with E-state index in [9.17, 15) is 14.4 Å². The predicted molar refractivity (Wildman–Crippen MR) is 146 cm³/mol. The molecule has 1 aromatic carbocycles. The molecule has 0 bridgehead atoms. The Balaban J connectivity index is 1.78. The molecule has 1 aliphatic rings. The highest BCUT2D eigenvalue weighted by atomic mass is 32.1. The fraction of sp³-hybridized carbons (Fsp3) is 0.536. The van der Waals surface area contributed by atoms with Crippen LogP contribution in [0.4, 0.5) is 0 Å². The van der Waals surface area contributed by atoms with E-state index in [1.54, 1.807) is 6.07 Å². The summed E-state index contributed by atoms with van der Waals surface area (Å²) >= 11 is 1.54. The molecule has 2 aromatic rings. The van der Waals surface area contributed by atoms with Crippen molar-refractivity contribution in [1.82, 2.24) is 20.9 Å². The molecule has 1 saturated carbocycles. The highest BCUT2D eigenvalue weighted by molar-refractivity contribution is 7.18. The van der Waals surface area contributed by atoms with E-state index in [1.807, 2.05) is 13.0 Å². The maximum atomic E-state index is 13.5. The monoisotopic (exact) mass is 523 g/mol. The molecule has 0 radical (unpaired) electrons. The molecular formula is C28H37N5O3S. The van der Waals surface area contributed by atoms with Gasteiger partial charge in [0.1, 0.15) is 17.7 Å². The molecule has 37 heavy (non-hydrogen) atoms. The zero-order chi connectivity index (χ0) is 26.9. The number of fused-ring (bicyclic) bond motifs is 1. The number of rotatable bonds is 12. The van der Waals surface area contributed by atoms with E-state index in [-0.39, 0.29) is 42.3 Å². The quantitative estimate of drug-likeness (QED) is 0.285. The van der Waals surface area contributed by atoms with Gasteiger partial charge in [-0.05, 0) is 48.8 Å². The van der Waals surface area contributed by atoms with Gasteiger partial charge in [0.25, 0.3) is 5.91 Å². The molecule has 8 nitrogen and oxygen atoms in total. The maximum Gasteiger partial charge on any atom is 0.261 e. The number of hydrogen-bond acceptors (Lipinski definition) is 6. The molecule has 3 amide bonds. The fourth-order valence-corrected chi connectivity index (χ4v) is 5.71. The number of thiazole rings is 1. The van der Waals surface area contributed by atoms with Gasteiger partial charge >= 0.3 is 0 Å². The van der Waals surface area contributed by atoms with Gasteiger partial charge in [-0.1, -0.05) is 46.3 Å². The van der Waals surface area contributed by atoms with Crippen LogP contribution in [0.25, 0.3) is 10.2 Å². The second-order valence-electron chi connectivity index (χ2n) is 10.0. The Morgan fingerprint density at radius 3 is 2.59 bits per heavy atom. The molecule has 1 fully saturated rings. The van der Waals surface area contributed by atoms with Crippen LogP contribution in [-0.2, 0) is 20.8 Å². The molecule has 1 aliphatic carbocycles. The Kier molecular flexibility index (Phi) is 10.2. The molecule has 0 aliphatic heterocycles. The number of benzene rings is 1. The van der Waals surface area contributed by atoms with Gasteiger partial charge in [0.2, 0.25) is 11.8 Å². The number of aromatic nitrogens is 1. The minimum absolute atomic E-state index is 0.169. The summed E-state index contributed by atoms with van der Waals surface area (Å²) in [6.45, 7) is 9.86. The van der Waals surface area contributed by atoms with E-state index in [0.717, 1.165) is 40.9 Å². The second-order valence-corrected chi connectivity index (χ2v) is 11.1. The number of carbonyl (C=O) groups excluding carboxylic acids is 3. The number of amides is 3. The van der Waals surface area contributed by atoms with Crippen LogP contribution in [0.5, 0.6) is 0 Å². The lowest BCUT2D eigenvalue weighted by Crippen LogP contribution is -2.54. The van der Waals surface area contributed by atoms with Crippen LogP contribution < -0.4 is 16.0 Å². The standard InChI is InChI=1S/C28H37N5O3S/c1-5-8-25(34)31-22(14-26-32-21-12-11-20(17(2)3)13-24(21)37-26)28(36)33-23(19-9-6-7-10-19)16-30-27(35)18(4)15-29/h11-13,17,19,22-23H,4-10,14,16H2,1-3H3,(H,30,35)(H,31,34)(H,33,36)/t22-,23?/m0/s1. The van der Waals surface area contributed by atoms with E-state index in [4.69, 9.17) is 10.2 Å². The Bertz CT molecular complexity index is 1180. The third-order valence-electron chi connectivity index (χ3n) is 6.82. The van der Waals surface area contributed by atoms with E-state index in [2.05, 4.69) is 48.5 Å². The van der Waals surface area contributed by atoms with Crippen molar-refractivity contribution in [2.75, 3.05) is 6.54 Å². The molecule has 0 saturated heterocycles. The first-order valence-corrected chi connectivity index (χ1v) is 13.9. The summed E-state index contributed by atoms with van der Waals surface area (Å²) in [5.74, 6) is -0.398. The van der Waals surface area contributed by atoms with E-state index in [1.165, 1.54) is 16.9 Å². The van der Waals surface area contributed by atoms with Crippen LogP contribution in [0.1, 0.15) is 75.8 Å². The summed E-state index contributed by atoms with van der Waals surface area (Å²) in [5.41, 5.74) is 1.94. The maximum absolute atomic E-state index is 13.5. The molecule has 0 spiro atoms. The Morgan fingerprint density at radius 1 is 1.22 bits per heavy atom. The minimum atomic E-state index is -0.780. The van der Waals surface area contributed by atoms with Gasteiger partial charge in [-0.15, -0.1) is 11.3 Å². The Hall–Kier alpha value is -3.25. The van der Waals surface area contributed by atoms with E-state index < -0.39 is 11.9 Å². The lowest BCUT2D eigenvalue weighted by atomic mass is 9.97. The number of carbonyl (C=O) groups is 3. The second kappa shape index (κ2) is 13.3. The van der Waals surface area contributed by atoms with E-state index in [0.29, 0.717) is 18.8 Å². The van der Waals surface area contributed by atoms with Crippen molar-refractivity contribution >= 4 is 39.3 Å². The number of nitriles is 1. The normalized spacial score (nSPS) is 15.2. The van der Waals surface area contributed by atoms with Crippen LogP contribution in [0.15, 0.2) is 30.4 Å². The van der Waals surface area contributed by atoms with Crippen LogP contribution >= 0.6 is 11.3 Å². The van der Waals surface area contributed by atoms with Crippen molar-refractivity contribution in [2.45, 2.75) is 83.7 Å². The summed E-state index contributed by atoms with van der Waals surface area (Å²) in [5, 5.41) is 18.4. The smallest absolute Gasteiger partial charge is 0.261 e. The third-order valence-corrected chi connectivity index (χ3v) is 7.86. The van der Waals surface area contributed by atoms with Gasteiger partial charge in [-0.25, -0.2) is 4.98 Å². The summed E-state index contributed by atoms with van der Waals surface area (Å²) in [6.07, 6.45) is 5.32. The van der Waals surface area contributed by atoms with Crippen molar-refractivity contribution in [1.29, 1.82) is 5.26 Å². The third kappa shape index (κ3) is 7.86.